The maximum absolute atomic E-state index is 10.4. The highest BCUT2D eigenvalue weighted by Gasteiger charge is 1.95. The summed E-state index contributed by atoms with van der Waals surface area (Å²) >= 11 is 0. The van der Waals surface area contributed by atoms with Crippen LogP contribution >= 0.6 is 0 Å². The molecule has 0 bridgehead atoms. The summed E-state index contributed by atoms with van der Waals surface area (Å²) in [4.78, 5) is 12.0. The maximum Gasteiger partial charge on any atom is 0.221 e. The summed E-state index contributed by atoms with van der Waals surface area (Å²) in [6, 6.07) is 0. The minimum Gasteiger partial charge on any atom is -0.385 e. The Labute approximate surface area is 116 Å². The van der Waals surface area contributed by atoms with Crippen molar-refractivity contribution in [2.24, 2.45) is 0 Å². The Kier molecular flexibility index (Phi) is 43.4. The van der Waals surface area contributed by atoms with Gasteiger partial charge in [-0.3, -0.25) is 4.79 Å². The minimum atomic E-state index is 0.181. The summed E-state index contributed by atoms with van der Waals surface area (Å²) in [5.41, 5.74) is 0. The van der Waals surface area contributed by atoms with Crippen LogP contribution in [-0.4, -0.2) is 38.6 Å². The molecule has 0 radical (unpaired) electrons. The van der Waals surface area contributed by atoms with Gasteiger partial charge in [-0.15, -0.1) is 0 Å². The third kappa shape index (κ3) is 58.2. The quantitative estimate of drug-likeness (QED) is 0.757. The number of nitrogens with zero attached hydrogens (tertiary/aromatic N) is 1. The van der Waals surface area contributed by atoms with Gasteiger partial charge < -0.3 is 9.64 Å². The van der Waals surface area contributed by atoms with E-state index in [-0.39, 0.29) is 5.91 Å². The van der Waals surface area contributed by atoms with Crippen LogP contribution < -0.4 is 0 Å². The highest BCUT2D eigenvalue weighted by molar-refractivity contribution is 5.75. The van der Waals surface area contributed by atoms with Crippen molar-refractivity contribution in [1.82, 2.24) is 4.90 Å². The number of ether oxygens (including phenoxy) is 1. The molecule has 0 aromatic heterocycles. The van der Waals surface area contributed by atoms with Crippen molar-refractivity contribution in [2.75, 3.05) is 27.8 Å². The second-order valence-corrected chi connectivity index (χ2v) is 3.93. The zero-order valence-corrected chi connectivity index (χ0v) is 14.3. The molecule has 0 atom stereocenters. The molecular weight excluding hydrogens is 226 g/mol. The molecule has 0 fully saturated rings. The molecule has 0 heterocycles. The van der Waals surface area contributed by atoms with Gasteiger partial charge in [0, 0.05) is 34.2 Å². The van der Waals surface area contributed by atoms with Crippen molar-refractivity contribution in [3.05, 3.63) is 0 Å². The van der Waals surface area contributed by atoms with Crippen molar-refractivity contribution in [1.29, 1.82) is 0 Å². The predicted octanol–water partition coefficient (Wildman–Crippen LogP) is 4.36. The summed E-state index contributed by atoms with van der Waals surface area (Å²) in [6.45, 7) is 13.2. The standard InChI is InChI=1S/C5H11NO.C4H10.C3H8O.C3H8/c1-4-5(7)6(2)3;2*1-3-4-2;1-3-2/h4H2,1-3H3;3-4H2,1-2H3;3H2,1-2H3;3H2,1-2H3. The highest BCUT2D eigenvalue weighted by Crippen LogP contribution is 1.81. The number of hydrogen-bond donors (Lipinski definition) is 0. The fourth-order valence-corrected chi connectivity index (χ4v) is 0.316. The molecule has 1 amide bonds. The molecule has 0 aromatic carbocycles. The van der Waals surface area contributed by atoms with Crippen LogP contribution in [0.5, 0.6) is 0 Å². The van der Waals surface area contributed by atoms with E-state index < -0.39 is 0 Å². The number of rotatable bonds is 3. The summed E-state index contributed by atoms with van der Waals surface area (Å²) in [6.07, 6.45) is 4.49. The molecule has 3 nitrogen and oxygen atoms in total. The number of carbonyl (C=O) groups excluding carboxylic acids is 1. The minimum absolute atomic E-state index is 0.181. The average molecular weight is 263 g/mol. The van der Waals surface area contributed by atoms with Gasteiger partial charge in [-0.25, -0.2) is 0 Å². The summed E-state index contributed by atoms with van der Waals surface area (Å²) in [7, 11) is 5.19. The van der Waals surface area contributed by atoms with Gasteiger partial charge in [-0.05, 0) is 6.92 Å². The first kappa shape index (κ1) is 26.1. The Morgan fingerprint density at radius 2 is 1.22 bits per heavy atom. The van der Waals surface area contributed by atoms with Crippen LogP contribution in [0, 0.1) is 0 Å². The lowest BCUT2D eigenvalue weighted by Crippen LogP contribution is -2.19. The predicted molar refractivity (Wildman–Crippen MR) is 83.1 cm³/mol. The van der Waals surface area contributed by atoms with Crippen LogP contribution in [-0.2, 0) is 9.53 Å². The lowest BCUT2D eigenvalue weighted by atomic mass is 10.4. The van der Waals surface area contributed by atoms with E-state index in [4.69, 9.17) is 0 Å². The third-order valence-corrected chi connectivity index (χ3v) is 1.59. The Morgan fingerprint density at radius 1 is 0.944 bits per heavy atom. The van der Waals surface area contributed by atoms with Gasteiger partial charge in [0.05, 0.1) is 0 Å². The van der Waals surface area contributed by atoms with Crippen molar-refractivity contribution >= 4 is 5.91 Å². The lowest BCUT2D eigenvalue weighted by Gasteiger charge is -2.05. The smallest absolute Gasteiger partial charge is 0.221 e. The van der Waals surface area contributed by atoms with E-state index in [1.54, 1.807) is 26.1 Å². The number of unbranched alkanes of at least 4 members (excludes halogenated alkanes) is 1. The Balaban J connectivity index is -0.0000000775. The first-order valence-electron chi connectivity index (χ1n) is 7.12. The van der Waals surface area contributed by atoms with Gasteiger partial charge >= 0.3 is 0 Å². The molecule has 0 aliphatic rings. The van der Waals surface area contributed by atoms with Gasteiger partial charge in [0.15, 0.2) is 0 Å². The highest BCUT2D eigenvalue weighted by atomic mass is 16.5. The van der Waals surface area contributed by atoms with Crippen LogP contribution in [0.4, 0.5) is 0 Å². The van der Waals surface area contributed by atoms with Gasteiger partial charge in [0.1, 0.15) is 0 Å². The molecular formula is C15H37NO2. The Bertz CT molecular complexity index is 118. The van der Waals surface area contributed by atoms with Crippen LogP contribution in [0.2, 0.25) is 0 Å². The average Bonchev–Trinajstić information content (AvgIpc) is 2.39. The second kappa shape index (κ2) is 29.9. The molecule has 0 spiro atoms. The SMILES string of the molecule is CCC.CCC(=O)N(C)C.CCCC.CCOC. The fourth-order valence-electron chi connectivity index (χ4n) is 0.316. The molecule has 0 aliphatic heterocycles. The van der Waals surface area contributed by atoms with Crippen molar-refractivity contribution in [3.63, 3.8) is 0 Å². The lowest BCUT2D eigenvalue weighted by molar-refractivity contribution is -0.128. The Hall–Kier alpha value is -0.570. The van der Waals surface area contributed by atoms with Gasteiger partial charge in [-0.1, -0.05) is 53.9 Å². The normalized spacial score (nSPS) is 7.61. The number of methoxy groups -OCH3 is 1. The summed E-state index contributed by atoms with van der Waals surface area (Å²) < 4.78 is 4.54. The third-order valence-electron chi connectivity index (χ3n) is 1.59. The summed E-state index contributed by atoms with van der Waals surface area (Å²) in [5.74, 6) is 0.181. The monoisotopic (exact) mass is 263 g/mol. The van der Waals surface area contributed by atoms with E-state index in [1.807, 2.05) is 13.8 Å². The first-order chi connectivity index (χ1) is 8.42. The van der Waals surface area contributed by atoms with E-state index >= 15 is 0 Å². The number of carbonyl (C=O) groups is 1. The Morgan fingerprint density at radius 3 is 1.22 bits per heavy atom. The van der Waals surface area contributed by atoms with E-state index in [0.717, 1.165) is 6.61 Å². The van der Waals surface area contributed by atoms with Gasteiger partial charge in [-0.2, -0.15) is 0 Å². The van der Waals surface area contributed by atoms with E-state index in [9.17, 15) is 4.79 Å². The molecule has 18 heavy (non-hydrogen) atoms. The van der Waals surface area contributed by atoms with Crippen molar-refractivity contribution < 1.29 is 9.53 Å². The van der Waals surface area contributed by atoms with Crippen LogP contribution in [0.3, 0.4) is 0 Å². The topological polar surface area (TPSA) is 29.5 Å². The zero-order valence-electron chi connectivity index (χ0n) is 14.3. The molecule has 3 heteroatoms. The maximum atomic E-state index is 10.4. The van der Waals surface area contributed by atoms with Gasteiger partial charge in [0.2, 0.25) is 5.91 Å². The molecule has 0 unspecified atom stereocenters. The molecule has 0 N–H and O–H groups in total. The molecule has 0 saturated carbocycles. The van der Waals surface area contributed by atoms with Crippen LogP contribution in [0.25, 0.3) is 0 Å². The molecule has 0 aliphatic carbocycles. The summed E-state index contributed by atoms with van der Waals surface area (Å²) in [5, 5.41) is 0. The number of amides is 1. The van der Waals surface area contributed by atoms with Crippen LogP contribution in [0.1, 0.15) is 67.2 Å². The fraction of sp³-hybridized carbons (Fsp3) is 0.933. The van der Waals surface area contributed by atoms with Crippen LogP contribution in [0.15, 0.2) is 0 Å². The van der Waals surface area contributed by atoms with E-state index in [0.29, 0.717) is 6.42 Å². The van der Waals surface area contributed by atoms with Gasteiger partial charge in [0.25, 0.3) is 0 Å². The van der Waals surface area contributed by atoms with Crippen molar-refractivity contribution in [2.45, 2.75) is 67.2 Å². The first-order valence-corrected chi connectivity index (χ1v) is 7.12. The molecule has 0 rings (SSSR count). The zero-order chi connectivity index (χ0) is 15.4. The molecule has 0 saturated heterocycles. The largest absolute Gasteiger partial charge is 0.385 e. The van der Waals surface area contributed by atoms with Crippen molar-refractivity contribution in [3.8, 4) is 0 Å². The van der Waals surface area contributed by atoms with E-state index in [2.05, 4.69) is 32.4 Å². The second-order valence-electron chi connectivity index (χ2n) is 3.93. The number of hydrogen-bond acceptors (Lipinski definition) is 2. The molecule has 0 aromatic rings. The molecule has 114 valence electrons. The van der Waals surface area contributed by atoms with E-state index in [1.165, 1.54) is 19.3 Å².